The standard InChI is InChI=1S/C14H13NO5S2/c1-20-13(19)9-4-2-8(3-5-9)6-10-12(18)15(7-11(16)17)14(21)22-10/h2-5,18H,6-7H2,1H3,(H,16,17). The summed E-state index contributed by atoms with van der Waals surface area (Å²) in [5.41, 5.74) is 1.30. The molecule has 0 unspecified atom stereocenters. The van der Waals surface area contributed by atoms with Crippen molar-refractivity contribution in [2.75, 3.05) is 7.11 Å². The lowest BCUT2D eigenvalue weighted by molar-refractivity contribution is -0.137. The average molecular weight is 339 g/mol. The van der Waals surface area contributed by atoms with Gasteiger partial charge >= 0.3 is 11.9 Å². The van der Waals surface area contributed by atoms with Crippen LogP contribution in [0.3, 0.4) is 0 Å². The fraction of sp³-hybridized carbons (Fsp3) is 0.214. The molecule has 6 nitrogen and oxygen atoms in total. The van der Waals surface area contributed by atoms with E-state index in [1.807, 2.05) is 0 Å². The van der Waals surface area contributed by atoms with Gasteiger partial charge in [-0.1, -0.05) is 12.1 Å². The van der Waals surface area contributed by atoms with E-state index in [4.69, 9.17) is 17.3 Å². The molecule has 1 aromatic heterocycles. The van der Waals surface area contributed by atoms with Crippen molar-refractivity contribution in [3.05, 3.63) is 44.2 Å². The number of benzene rings is 1. The first-order valence-electron chi connectivity index (χ1n) is 6.23. The van der Waals surface area contributed by atoms with Crippen molar-refractivity contribution in [2.45, 2.75) is 13.0 Å². The Labute approximate surface area is 135 Å². The number of methoxy groups -OCH3 is 1. The fourth-order valence-electron chi connectivity index (χ4n) is 1.89. The van der Waals surface area contributed by atoms with Crippen LogP contribution in [0.1, 0.15) is 20.8 Å². The van der Waals surface area contributed by atoms with E-state index < -0.39 is 11.9 Å². The van der Waals surface area contributed by atoms with E-state index in [0.717, 1.165) is 5.56 Å². The van der Waals surface area contributed by atoms with Gasteiger partial charge in [-0.05, 0) is 29.9 Å². The van der Waals surface area contributed by atoms with Crippen LogP contribution in [0.4, 0.5) is 0 Å². The molecule has 0 aliphatic carbocycles. The number of esters is 1. The first kappa shape index (κ1) is 16.2. The topological polar surface area (TPSA) is 88.8 Å². The third-order valence-electron chi connectivity index (χ3n) is 2.97. The Morgan fingerprint density at radius 2 is 1.95 bits per heavy atom. The number of carboxylic acids is 1. The Morgan fingerprint density at radius 1 is 1.32 bits per heavy atom. The highest BCUT2D eigenvalue weighted by Crippen LogP contribution is 2.28. The number of hydrogen-bond donors (Lipinski definition) is 2. The summed E-state index contributed by atoms with van der Waals surface area (Å²) >= 11 is 6.23. The van der Waals surface area contributed by atoms with Gasteiger partial charge in [0.25, 0.3) is 0 Å². The van der Waals surface area contributed by atoms with Crippen molar-refractivity contribution in [3.8, 4) is 5.88 Å². The highest BCUT2D eigenvalue weighted by atomic mass is 32.1. The molecule has 1 aromatic carbocycles. The van der Waals surface area contributed by atoms with Crippen molar-refractivity contribution in [1.29, 1.82) is 0 Å². The fourth-order valence-corrected chi connectivity index (χ4v) is 3.26. The molecule has 1 heterocycles. The maximum absolute atomic E-state index is 11.4. The molecule has 2 rings (SSSR count). The van der Waals surface area contributed by atoms with Crippen LogP contribution < -0.4 is 0 Å². The van der Waals surface area contributed by atoms with Crippen molar-refractivity contribution in [2.24, 2.45) is 0 Å². The summed E-state index contributed by atoms with van der Waals surface area (Å²) in [6.45, 7) is -0.373. The molecule has 22 heavy (non-hydrogen) atoms. The van der Waals surface area contributed by atoms with Crippen LogP contribution in [0, 0.1) is 3.95 Å². The molecule has 8 heteroatoms. The van der Waals surface area contributed by atoms with Gasteiger partial charge < -0.3 is 14.9 Å². The smallest absolute Gasteiger partial charge is 0.337 e. The molecule has 0 fully saturated rings. The minimum atomic E-state index is -1.07. The van der Waals surface area contributed by atoms with Gasteiger partial charge in [0.2, 0.25) is 5.88 Å². The van der Waals surface area contributed by atoms with Crippen molar-refractivity contribution in [3.63, 3.8) is 0 Å². The van der Waals surface area contributed by atoms with Gasteiger partial charge in [0, 0.05) is 6.42 Å². The number of carboxylic acid groups (broad SMARTS) is 1. The first-order valence-corrected chi connectivity index (χ1v) is 7.45. The quantitative estimate of drug-likeness (QED) is 0.642. The van der Waals surface area contributed by atoms with Gasteiger partial charge in [-0.15, -0.1) is 11.3 Å². The SMILES string of the molecule is COC(=O)c1ccc(Cc2sc(=S)n(CC(=O)O)c2O)cc1. The number of aromatic hydroxyl groups is 1. The number of thiazole rings is 1. The third kappa shape index (κ3) is 3.52. The van der Waals surface area contributed by atoms with Crippen LogP contribution in [-0.4, -0.2) is 33.8 Å². The zero-order chi connectivity index (χ0) is 16.3. The lowest BCUT2D eigenvalue weighted by Crippen LogP contribution is -2.08. The molecule has 0 bridgehead atoms. The van der Waals surface area contributed by atoms with E-state index in [9.17, 15) is 14.7 Å². The van der Waals surface area contributed by atoms with Crippen LogP contribution in [0.15, 0.2) is 24.3 Å². The van der Waals surface area contributed by atoms with Crippen LogP contribution in [0.25, 0.3) is 0 Å². The maximum Gasteiger partial charge on any atom is 0.337 e. The molecule has 0 amide bonds. The predicted molar refractivity (Wildman–Crippen MR) is 83.0 cm³/mol. The van der Waals surface area contributed by atoms with Crippen LogP contribution in [0.2, 0.25) is 0 Å². The van der Waals surface area contributed by atoms with Gasteiger partial charge in [0.05, 0.1) is 17.6 Å². The van der Waals surface area contributed by atoms with Crippen LogP contribution in [-0.2, 0) is 22.5 Å². The molecular weight excluding hydrogens is 326 g/mol. The summed E-state index contributed by atoms with van der Waals surface area (Å²) < 4.78 is 6.11. The minimum Gasteiger partial charge on any atom is -0.494 e. The van der Waals surface area contributed by atoms with E-state index in [1.165, 1.54) is 23.0 Å². The van der Waals surface area contributed by atoms with Crippen molar-refractivity contribution < 1.29 is 24.5 Å². The van der Waals surface area contributed by atoms with Gasteiger partial charge in [0.15, 0.2) is 3.95 Å². The molecule has 0 atom stereocenters. The largest absolute Gasteiger partial charge is 0.494 e. The highest BCUT2D eigenvalue weighted by molar-refractivity contribution is 7.73. The molecule has 2 N–H and O–H groups in total. The van der Waals surface area contributed by atoms with Crippen molar-refractivity contribution >= 4 is 35.5 Å². The number of nitrogens with zero attached hydrogens (tertiary/aromatic N) is 1. The molecule has 116 valence electrons. The summed E-state index contributed by atoms with van der Waals surface area (Å²) in [5.74, 6) is -1.62. The van der Waals surface area contributed by atoms with Gasteiger partial charge in [0.1, 0.15) is 6.54 Å². The van der Waals surface area contributed by atoms with E-state index in [1.54, 1.807) is 24.3 Å². The number of aromatic nitrogens is 1. The summed E-state index contributed by atoms with van der Waals surface area (Å²) in [4.78, 5) is 22.7. The monoisotopic (exact) mass is 339 g/mol. The molecular formula is C14H13NO5S2. The summed E-state index contributed by atoms with van der Waals surface area (Å²) in [6.07, 6.45) is 0.397. The zero-order valence-electron chi connectivity index (χ0n) is 11.6. The summed E-state index contributed by atoms with van der Waals surface area (Å²) in [6, 6.07) is 6.75. The molecule has 0 radical (unpaired) electrons. The van der Waals surface area contributed by atoms with Crippen LogP contribution >= 0.6 is 23.6 Å². The Hall–Kier alpha value is -2.19. The van der Waals surface area contributed by atoms with Gasteiger partial charge in [-0.3, -0.25) is 9.36 Å². The van der Waals surface area contributed by atoms with Crippen LogP contribution in [0.5, 0.6) is 5.88 Å². The Kier molecular flexibility index (Phi) is 4.94. The normalized spacial score (nSPS) is 10.4. The molecule has 0 aliphatic heterocycles. The van der Waals surface area contributed by atoms with E-state index in [-0.39, 0.29) is 12.4 Å². The predicted octanol–water partition coefficient (Wildman–Crippen LogP) is 2.45. The Balaban J connectivity index is 2.22. The lowest BCUT2D eigenvalue weighted by Gasteiger charge is -2.04. The number of hydrogen-bond acceptors (Lipinski definition) is 6. The van der Waals surface area contributed by atoms with Gasteiger partial charge in [-0.2, -0.15) is 0 Å². The number of aliphatic carboxylic acids is 1. The first-order chi connectivity index (χ1) is 10.4. The third-order valence-corrected chi connectivity index (χ3v) is 4.41. The van der Waals surface area contributed by atoms with E-state index in [2.05, 4.69) is 4.74 Å². The maximum atomic E-state index is 11.4. The van der Waals surface area contributed by atoms with Crippen molar-refractivity contribution in [1.82, 2.24) is 4.57 Å². The number of carbonyl (C=O) groups is 2. The molecule has 0 saturated heterocycles. The Morgan fingerprint density at radius 3 is 2.50 bits per heavy atom. The molecule has 0 aliphatic rings. The minimum absolute atomic E-state index is 0.130. The summed E-state index contributed by atoms with van der Waals surface area (Å²) in [5, 5.41) is 18.9. The molecule has 0 spiro atoms. The zero-order valence-corrected chi connectivity index (χ0v) is 13.2. The second-order valence-electron chi connectivity index (χ2n) is 4.46. The highest BCUT2D eigenvalue weighted by Gasteiger charge is 2.14. The second kappa shape index (κ2) is 6.71. The lowest BCUT2D eigenvalue weighted by atomic mass is 10.1. The average Bonchev–Trinajstić information content (AvgIpc) is 2.74. The molecule has 2 aromatic rings. The van der Waals surface area contributed by atoms with Gasteiger partial charge in [-0.25, -0.2) is 4.79 Å². The molecule has 0 saturated carbocycles. The summed E-state index contributed by atoms with van der Waals surface area (Å²) in [7, 11) is 1.31. The number of ether oxygens (including phenoxy) is 1. The Bertz CT molecular complexity index is 761. The number of rotatable bonds is 5. The van der Waals surface area contributed by atoms with E-state index in [0.29, 0.717) is 20.8 Å². The second-order valence-corrected chi connectivity index (χ2v) is 6.19. The van der Waals surface area contributed by atoms with E-state index >= 15 is 0 Å². The number of carbonyl (C=O) groups excluding carboxylic acids is 1.